The van der Waals surface area contributed by atoms with E-state index in [-0.39, 0.29) is 6.04 Å². The minimum absolute atomic E-state index is 0.258. The van der Waals surface area contributed by atoms with E-state index < -0.39 is 0 Å². The molecule has 3 atom stereocenters. The summed E-state index contributed by atoms with van der Waals surface area (Å²) < 4.78 is 0. The van der Waals surface area contributed by atoms with Gasteiger partial charge < -0.3 is 0 Å². The first-order valence-corrected chi connectivity index (χ1v) is 6.65. The van der Waals surface area contributed by atoms with Gasteiger partial charge in [-0.3, -0.25) is 9.69 Å². The van der Waals surface area contributed by atoms with Gasteiger partial charge in [0.25, 0.3) is 0 Å². The van der Waals surface area contributed by atoms with Crippen LogP contribution in [-0.4, -0.2) is 40.3 Å². The third kappa shape index (κ3) is 1.84. The molecule has 3 heteroatoms. The Kier molecular flexibility index (Phi) is 3.17. The minimum atomic E-state index is 0.258. The van der Waals surface area contributed by atoms with E-state index >= 15 is 0 Å². The second-order valence-electron chi connectivity index (χ2n) is 4.43. The van der Waals surface area contributed by atoms with Crippen molar-refractivity contribution in [3.8, 4) is 0 Å². The summed E-state index contributed by atoms with van der Waals surface area (Å²) in [6, 6.07) is 0.828. The van der Waals surface area contributed by atoms with Crippen molar-refractivity contribution in [1.29, 1.82) is 0 Å². The normalized spacial score (nSPS) is 40.4. The van der Waals surface area contributed by atoms with Gasteiger partial charge in [-0.25, -0.2) is 0 Å². The summed E-state index contributed by atoms with van der Waals surface area (Å²) in [6.07, 6.45) is 3.02. The molecule has 1 aliphatic heterocycles. The standard InChI is InChI=1S/C11H19NOS/c1-8-9(2)14-7-6-12(8)10-4-3-5-11(10)13/h8-10H,3-7H2,1-2H3. The Labute approximate surface area is 90.4 Å². The lowest BCUT2D eigenvalue weighted by molar-refractivity contribution is -0.122. The summed E-state index contributed by atoms with van der Waals surface area (Å²) in [5, 5.41) is 0.678. The van der Waals surface area contributed by atoms with Crippen LogP contribution in [-0.2, 0) is 4.79 Å². The lowest BCUT2D eigenvalue weighted by atomic mass is 10.1. The van der Waals surface area contributed by atoms with Crippen LogP contribution in [0, 0.1) is 0 Å². The fourth-order valence-electron chi connectivity index (χ4n) is 2.54. The Morgan fingerprint density at radius 2 is 2.21 bits per heavy atom. The molecule has 80 valence electrons. The number of hydrogen-bond acceptors (Lipinski definition) is 3. The predicted molar refractivity (Wildman–Crippen MR) is 60.7 cm³/mol. The number of nitrogens with zero attached hydrogens (tertiary/aromatic N) is 1. The van der Waals surface area contributed by atoms with Crippen molar-refractivity contribution in [2.75, 3.05) is 12.3 Å². The molecule has 0 bridgehead atoms. The maximum absolute atomic E-state index is 11.7. The van der Waals surface area contributed by atoms with Gasteiger partial charge in [0.1, 0.15) is 5.78 Å². The van der Waals surface area contributed by atoms with Crippen molar-refractivity contribution in [3.63, 3.8) is 0 Å². The molecule has 0 amide bonds. The minimum Gasteiger partial charge on any atom is -0.298 e. The lowest BCUT2D eigenvalue weighted by Gasteiger charge is -2.40. The summed E-state index contributed by atoms with van der Waals surface area (Å²) in [5.74, 6) is 1.67. The van der Waals surface area contributed by atoms with Gasteiger partial charge in [0.2, 0.25) is 0 Å². The Bertz CT molecular complexity index is 231. The molecule has 0 radical (unpaired) electrons. The Hall–Kier alpha value is -0.0200. The van der Waals surface area contributed by atoms with Crippen LogP contribution in [0.4, 0.5) is 0 Å². The van der Waals surface area contributed by atoms with Gasteiger partial charge in [-0.2, -0.15) is 11.8 Å². The molecule has 2 rings (SSSR count). The summed E-state index contributed by atoms with van der Waals surface area (Å²) in [5.41, 5.74) is 0. The van der Waals surface area contributed by atoms with Crippen LogP contribution >= 0.6 is 11.8 Å². The Morgan fingerprint density at radius 3 is 2.86 bits per heavy atom. The molecule has 1 aliphatic carbocycles. The number of hydrogen-bond donors (Lipinski definition) is 0. The fourth-order valence-corrected chi connectivity index (χ4v) is 3.67. The second-order valence-corrected chi connectivity index (χ2v) is 5.91. The first-order valence-electron chi connectivity index (χ1n) is 5.60. The van der Waals surface area contributed by atoms with E-state index in [1.54, 1.807) is 0 Å². The van der Waals surface area contributed by atoms with E-state index in [1.165, 1.54) is 5.75 Å². The van der Waals surface area contributed by atoms with E-state index in [2.05, 4.69) is 18.7 Å². The monoisotopic (exact) mass is 213 g/mol. The highest BCUT2D eigenvalue weighted by molar-refractivity contribution is 8.00. The molecule has 2 nitrogen and oxygen atoms in total. The zero-order valence-electron chi connectivity index (χ0n) is 9.03. The van der Waals surface area contributed by atoms with Gasteiger partial charge in [-0.05, 0) is 19.8 Å². The summed E-state index contributed by atoms with van der Waals surface area (Å²) in [6.45, 7) is 5.65. The van der Waals surface area contributed by atoms with Crippen LogP contribution < -0.4 is 0 Å². The smallest absolute Gasteiger partial charge is 0.149 e. The van der Waals surface area contributed by atoms with Crippen molar-refractivity contribution in [1.82, 2.24) is 4.90 Å². The second kappa shape index (κ2) is 4.23. The zero-order valence-corrected chi connectivity index (χ0v) is 9.85. The average molecular weight is 213 g/mol. The molecule has 2 fully saturated rings. The first-order chi connectivity index (χ1) is 6.70. The maximum Gasteiger partial charge on any atom is 0.149 e. The number of rotatable bonds is 1. The molecule has 3 unspecified atom stereocenters. The largest absolute Gasteiger partial charge is 0.298 e. The van der Waals surface area contributed by atoms with E-state index in [0.29, 0.717) is 17.1 Å². The van der Waals surface area contributed by atoms with Gasteiger partial charge in [-0.1, -0.05) is 6.92 Å². The van der Waals surface area contributed by atoms with Crippen LogP contribution in [0.3, 0.4) is 0 Å². The zero-order chi connectivity index (χ0) is 10.1. The maximum atomic E-state index is 11.7. The highest BCUT2D eigenvalue weighted by Crippen LogP contribution is 2.30. The Morgan fingerprint density at radius 1 is 1.43 bits per heavy atom. The molecule has 0 N–H and O–H groups in total. The molecule has 0 spiro atoms. The van der Waals surface area contributed by atoms with E-state index in [1.807, 2.05) is 11.8 Å². The molecule has 14 heavy (non-hydrogen) atoms. The number of carbonyl (C=O) groups excluding carboxylic acids is 1. The summed E-state index contributed by atoms with van der Waals surface area (Å²) >= 11 is 2.04. The van der Waals surface area contributed by atoms with Gasteiger partial charge in [-0.15, -0.1) is 0 Å². The highest BCUT2D eigenvalue weighted by atomic mass is 32.2. The van der Waals surface area contributed by atoms with Crippen molar-refractivity contribution in [2.24, 2.45) is 0 Å². The fraction of sp³-hybridized carbons (Fsp3) is 0.909. The average Bonchev–Trinajstić information content (AvgIpc) is 2.57. The molecular weight excluding hydrogens is 194 g/mol. The van der Waals surface area contributed by atoms with Gasteiger partial charge >= 0.3 is 0 Å². The van der Waals surface area contributed by atoms with Crippen molar-refractivity contribution >= 4 is 17.5 Å². The topological polar surface area (TPSA) is 20.3 Å². The van der Waals surface area contributed by atoms with Gasteiger partial charge in [0, 0.05) is 30.0 Å². The highest BCUT2D eigenvalue weighted by Gasteiger charge is 2.36. The van der Waals surface area contributed by atoms with Crippen LogP contribution in [0.2, 0.25) is 0 Å². The molecular formula is C11H19NOS. The predicted octanol–water partition coefficient (Wildman–Crippen LogP) is 1.93. The number of ketones is 1. The van der Waals surface area contributed by atoms with Gasteiger partial charge in [0.15, 0.2) is 0 Å². The number of carbonyl (C=O) groups is 1. The van der Waals surface area contributed by atoms with Crippen molar-refractivity contribution < 1.29 is 4.79 Å². The molecule has 1 heterocycles. The quantitative estimate of drug-likeness (QED) is 0.664. The van der Waals surface area contributed by atoms with E-state index in [0.717, 1.165) is 25.8 Å². The molecule has 0 aromatic carbocycles. The van der Waals surface area contributed by atoms with Crippen LogP contribution in [0.5, 0.6) is 0 Å². The third-order valence-electron chi connectivity index (χ3n) is 3.61. The van der Waals surface area contributed by atoms with Crippen LogP contribution in [0.15, 0.2) is 0 Å². The molecule has 0 aromatic rings. The molecule has 2 aliphatic rings. The summed E-state index contributed by atoms with van der Waals surface area (Å²) in [7, 11) is 0. The van der Waals surface area contributed by atoms with E-state index in [4.69, 9.17) is 0 Å². The van der Waals surface area contributed by atoms with E-state index in [9.17, 15) is 4.79 Å². The number of Topliss-reactive ketones (excluding diaryl/α,β-unsaturated/α-hetero) is 1. The summed E-state index contributed by atoms with van der Waals surface area (Å²) in [4.78, 5) is 14.1. The van der Waals surface area contributed by atoms with Crippen molar-refractivity contribution in [3.05, 3.63) is 0 Å². The third-order valence-corrected chi connectivity index (χ3v) is 4.94. The van der Waals surface area contributed by atoms with Crippen molar-refractivity contribution in [2.45, 2.75) is 50.4 Å². The van der Waals surface area contributed by atoms with Gasteiger partial charge in [0.05, 0.1) is 6.04 Å². The molecule has 1 saturated carbocycles. The molecule has 0 aromatic heterocycles. The Balaban J connectivity index is 2.05. The van der Waals surface area contributed by atoms with Crippen LogP contribution in [0.1, 0.15) is 33.1 Å². The lowest BCUT2D eigenvalue weighted by Crippen LogP contribution is -2.51. The van der Waals surface area contributed by atoms with Crippen LogP contribution in [0.25, 0.3) is 0 Å². The SMILES string of the molecule is CC1SCCN(C2CCCC2=O)C1C. The number of thioether (sulfide) groups is 1. The molecule has 1 saturated heterocycles. The first kappa shape index (κ1) is 10.5.